The molecule has 0 radical (unpaired) electrons. The second kappa shape index (κ2) is 23.0. The van der Waals surface area contributed by atoms with Gasteiger partial charge in [-0.3, -0.25) is 9.11 Å². The number of aromatic nitrogens is 3. The number of phenols is 2. The molecule has 1 saturated heterocycles. The third-order valence-electron chi connectivity index (χ3n) is 16.7. The standard InChI is InChI=1S/C55H72F5N5O7S/c1-35(2)43-32-44(47(67)33-46(43)66)50-61-62-51(69)65(50)39-15-13-36(14-16-39)34-63-24-26-64(27-25-63)52(70)72-40-17-18-41-38(31-40)30-37(49-42(41)21-23-53(3)45(49)19-20-48(53)68)12-9-7-5-4-6-8-10-28-73(71)29-11-22-54(56,57)55(58,59)60/h13-18,31-33,35,37,42,45,48-49,66-68H,4-12,19-30,34H2,1-3H3,(H,62,69). The molecule has 8 rings (SSSR count). The van der Waals surface area contributed by atoms with Crippen molar-refractivity contribution in [3.63, 3.8) is 0 Å². The molecule has 1 aliphatic heterocycles. The summed E-state index contributed by atoms with van der Waals surface area (Å²) in [6, 6.07) is 16.7. The molecule has 400 valence electrons. The number of alkyl halides is 5. The van der Waals surface area contributed by atoms with Crippen LogP contribution in [0.1, 0.15) is 145 Å². The van der Waals surface area contributed by atoms with Crippen LogP contribution in [0.15, 0.2) is 59.4 Å². The number of nitrogens with one attached hydrogen (secondary N) is 1. The Morgan fingerprint density at radius 2 is 1.56 bits per heavy atom. The third-order valence-corrected chi connectivity index (χ3v) is 18.2. The Morgan fingerprint density at radius 3 is 2.26 bits per heavy atom. The number of amides is 1. The van der Waals surface area contributed by atoms with Crippen LogP contribution in [-0.4, -0.2) is 106 Å². The van der Waals surface area contributed by atoms with Crippen LogP contribution in [0.25, 0.3) is 17.1 Å². The highest BCUT2D eigenvalue weighted by Gasteiger charge is 2.57. The first-order valence-electron chi connectivity index (χ1n) is 26.4. The van der Waals surface area contributed by atoms with Gasteiger partial charge >= 0.3 is 23.9 Å². The maximum absolute atomic E-state index is 13.6. The van der Waals surface area contributed by atoms with E-state index in [9.17, 15) is 51.1 Å². The second-order valence-electron chi connectivity index (χ2n) is 21.7. The van der Waals surface area contributed by atoms with Crippen molar-refractivity contribution in [2.45, 2.75) is 154 Å². The number of ether oxygens (including phenoxy) is 1. The summed E-state index contributed by atoms with van der Waals surface area (Å²) in [5.74, 6) is -2.28. The summed E-state index contributed by atoms with van der Waals surface area (Å²) in [5, 5.41) is 38.9. The number of phenolic OH excluding ortho intramolecular Hbond substituents is 2. The molecular formula is C55H72F5N5O7S. The molecule has 0 bridgehead atoms. The van der Waals surface area contributed by atoms with Crippen LogP contribution in [0.3, 0.4) is 0 Å². The minimum absolute atomic E-state index is 0.0252. The Kier molecular flexibility index (Phi) is 17.1. The van der Waals surface area contributed by atoms with Gasteiger partial charge in [0, 0.05) is 67.5 Å². The fourth-order valence-corrected chi connectivity index (χ4v) is 13.7. The monoisotopic (exact) mass is 1040 g/mol. The predicted octanol–water partition coefficient (Wildman–Crippen LogP) is 11.4. The van der Waals surface area contributed by atoms with Gasteiger partial charge in [0.15, 0.2) is 5.82 Å². The number of carbonyl (C=O) groups excluding carboxylic acids is 1. The molecule has 73 heavy (non-hydrogen) atoms. The molecule has 1 aromatic heterocycles. The van der Waals surface area contributed by atoms with E-state index in [0.717, 1.165) is 82.6 Å². The average Bonchev–Trinajstić information content (AvgIpc) is 3.87. The molecule has 2 heterocycles. The highest BCUT2D eigenvalue weighted by molar-refractivity contribution is 7.84. The zero-order valence-corrected chi connectivity index (χ0v) is 43.1. The number of hydrogen-bond donors (Lipinski definition) is 4. The van der Waals surface area contributed by atoms with Crippen LogP contribution in [0.2, 0.25) is 0 Å². The van der Waals surface area contributed by atoms with Crippen molar-refractivity contribution >= 4 is 16.9 Å². The number of piperazine rings is 1. The van der Waals surface area contributed by atoms with Gasteiger partial charge in [-0.2, -0.15) is 27.1 Å². The second-order valence-corrected chi connectivity index (χ2v) is 23.4. The first-order chi connectivity index (χ1) is 34.7. The SMILES string of the molecule is CC(C)c1cc(-c2n[nH]c(=O)n2-c2ccc(CN3CCN(C(=O)Oc4ccc5c(c4)CC(CCCCCCCCCS(=O)CCCC(F)(F)C(F)(F)F)C4C5CCC5(C)C(O)CCC45)CC3)cc2)c(O)cc1O. The van der Waals surface area contributed by atoms with Gasteiger partial charge in [0.25, 0.3) is 0 Å². The molecular weight excluding hydrogens is 970 g/mol. The average molecular weight is 1040 g/mol. The van der Waals surface area contributed by atoms with Crippen LogP contribution >= 0.6 is 0 Å². The maximum Gasteiger partial charge on any atom is 0.453 e. The number of fused-ring (bicyclic) bond motifs is 5. The van der Waals surface area contributed by atoms with Crippen molar-refractivity contribution in [2.75, 3.05) is 37.7 Å². The van der Waals surface area contributed by atoms with Crippen LogP contribution in [-0.2, 0) is 23.8 Å². The summed E-state index contributed by atoms with van der Waals surface area (Å²) in [6.07, 6.45) is 4.56. The Balaban J connectivity index is 0.809. The van der Waals surface area contributed by atoms with Crippen molar-refractivity contribution in [3.05, 3.63) is 87.3 Å². The molecule has 3 fully saturated rings. The third kappa shape index (κ3) is 12.3. The van der Waals surface area contributed by atoms with E-state index in [1.807, 2.05) is 44.2 Å². The molecule has 3 aliphatic carbocycles. The van der Waals surface area contributed by atoms with E-state index in [-0.39, 0.29) is 46.6 Å². The number of H-pyrrole nitrogens is 1. The van der Waals surface area contributed by atoms with Crippen LogP contribution < -0.4 is 10.4 Å². The first-order valence-corrected chi connectivity index (χ1v) is 27.9. The van der Waals surface area contributed by atoms with E-state index in [4.69, 9.17) is 4.74 Å². The molecule has 4 N–H and O–H groups in total. The lowest BCUT2D eigenvalue weighted by molar-refractivity contribution is -0.284. The van der Waals surface area contributed by atoms with Gasteiger partial charge in [0.1, 0.15) is 17.2 Å². The molecule has 7 atom stereocenters. The number of rotatable bonds is 20. The first kappa shape index (κ1) is 54.5. The zero-order valence-electron chi connectivity index (χ0n) is 42.3. The fourth-order valence-electron chi connectivity index (χ4n) is 12.6. The number of nitrogens with zero attached hydrogens (tertiary/aromatic N) is 4. The van der Waals surface area contributed by atoms with Crippen molar-refractivity contribution < 1.29 is 51.0 Å². The van der Waals surface area contributed by atoms with Gasteiger partial charge < -0.3 is 25.0 Å². The number of carbonyl (C=O) groups is 1. The Labute approximate surface area is 427 Å². The largest absolute Gasteiger partial charge is 0.508 e. The number of aliphatic hydroxyl groups excluding tert-OH is 1. The highest BCUT2D eigenvalue weighted by atomic mass is 32.2. The molecule has 1 amide bonds. The summed E-state index contributed by atoms with van der Waals surface area (Å²) in [4.78, 5) is 30.6. The molecule has 4 aliphatic rings. The van der Waals surface area contributed by atoms with Crippen molar-refractivity contribution in [3.8, 4) is 34.3 Å². The van der Waals surface area contributed by atoms with E-state index in [1.54, 1.807) is 11.0 Å². The van der Waals surface area contributed by atoms with E-state index in [1.165, 1.54) is 21.8 Å². The van der Waals surface area contributed by atoms with Crippen molar-refractivity contribution in [1.29, 1.82) is 0 Å². The number of benzene rings is 3. The summed E-state index contributed by atoms with van der Waals surface area (Å²) in [6.45, 7) is 9.10. The zero-order chi connectivity index (χ0) is 52.2. The summed E-state index contributed by atoms with van der Waals surface area (Å²) >= 11 is 0. The van der Waals surface area contributed by atoms with Gasteiger partial charge in [0.05, 0.1) is 17.4 Å². The predicted molar refractivity (Wildman–Crippen MR) is 271 cm³/mol. The number of unbranched alkanes of at least 4 members (excludes halogenated alkanes) is 6. The van der Waals surface area contributed by atoms with E-state index in [0.29, 0.717) is 91.1 Å². The lowest BCUT2D eigenvalue weighted by Gasteiger charge is -2.53. The summed E-state index contributed by atoms with van der Waals surface area (Å²) in [7, 11) is -1.41. The van der Waals surface area contributed by atoms with E-state index in [2.05, 4.69) is 34.2 Å². The van der Waals surface area contributed by atoms with E-state index >= 15 is 0 Å². The van der Waals surface area contributed by atoms with Gasteiger partial charge in [-0.25, -0.2) is 19.3 Å². The summed E-state index contributed by atoms with van der Waals surface area (Å²) < 4.78 is 83.2. The summed E-state index contributed by atoms with van der Waals surface area (Å²) in [5.41, 5.74) is 4.59. The lowest BCUT2D eigenvalue weighted by atomic mass is 9.52. The Bertz CT molecular complexity index is 2620. The van der Waals surface area contributed by atoms with E-state index < -0.39 is 41.4 Å². The molecule has 18 heteroatoms. The Morgan fingerprint density at radius 1 is 0.877 bits per heavy atom. The fraction of sp³-hybridized carbons (Fsp3) is 0.618. The van der Waals surface area contributed by atoms with Gasteiger partial charge in [-0.15, -0.1) is 0 Å². The number of aromatic hydroxyl groups is 2. The normalized spacial score (nSPS) is 23.8. The smallest absolute Gasteiger partial charge is 0.453 e. The number of aliphatic hydroxyl groups is 1. The van der Waals surface area contributed by atoms with Crippen molar-refractivity contribution in [1.82, 2.24) is 24.6 Å². The van der Waals surface area contributed by atoms with Gasteiger partial charge in [0.2, 0.25) is 0 Å². The molecule has 12 nitrogen and oxygen atoms in total. The quantitative estimate of drug-likeness (QED) is 0.0499. The van der Waals surface area contributed by atoms with Crippen LogP contribution in [0.4, 0.5) is 26.7 Å². The Hall–Kier alpha value is -4.81. The number of halogens is 5. The van der Waals surface area contributed by atoms with Gasteiger partial charge in [-0.05, 0) is 139 Å². The number of aromatic amines is 1. The molecule has 3 aromatic carbocycles. The maximum atomic E-state index is 13.6. The molecule has 4 aromatic rings. The lowest BCUT2D eigenvalue weighted by Crippen LogP contribution is -2.49. The minimum Gasteiger partial charge on any atom is -0.508 e. The number of hydrogen-bond acceptors (Lipinski definition) is 9. The van der Waals surface area contributed by atoms with Gasteiger partial charge in [-0.1, -0.05) is 77.5 Å². The highest BCUT2D eigenvalue weighted by Crippen LogP contribution is 2.63. The molecule has 0 spiro atoms. The molecule has 2 saturated carbocycles. The van der Waals surface area contributed by atoms with Crippen molar-refractivity contribution in [2.24, 2.45) is 23.2 Å². The van der Waals surface area contributed by atoms with Crippen LogP contribution in [0.5, 0.6) is 17.2 Å². The molecule has 7 unspecified atom stereocenters. The topological polar surface area (TPSA) is 161 Å². The van der Waals surface area contributed by atoms with Crippen LogP contribution in [0, 0.1) is 23.2 Å². The minimum atomic E-state index is -5.58.